The number of hydrogen-bond donors (Lipinski definition) is 4. The van der Waals surface area contributed by atoms with Crippen LogP contribution >= 0.6 is 0 Å². The van der Waals surface area contributed by atoms with Gasteiger partial charge in [0, 0.05) is 42.0 Å². The molecular weight excluding hydrogens is 632 g/mol. The number of hydrogen-bond acceptors (Lipinski definition) is 6. The first-order valence-corrected chi connectivity index (χ1v) is 17.8. The van der Waals surface area contributed by atoms with Gasteiger partial charge in [0.1, 0.15) is 29.0 Å². The van der Waals surface area contributed by atoms with E-state index < -0.39 is 35.4 Å². The monoisotopic (exact) mass is 672 g/mol. The van der Waals surface area contributed by atoms with E-state index in [-0.39, 0.29) is 23.5 Å². The molecule has 49 heavy (non-hydrogen) atoms. The second-order valence-corrected chi connectivity index (χ2v) is 14.1. The Morgan fingerprint density at radius 2 is 1.08 bits per heavy atom. The van der Waals surface area contributed by atoms with Gasteiger partial charge in [0.25, 0.3) is 0 Å². The molecule has 0 unspecified atom stereocenters. The molecule has 3 aromatic carbocycles. The van der Waals surface area contributed by atoms with E-state index in [4.69, 9.17) is 0 Å². The predicted octanol–water partition coefficient (Wildman–Crippen LogP) is 7.92. The molecule has 0 amide bonds. The van der Waals surface area contributed by atoms with Gasteiger partial charge in [0.05, 0.1) is 46.2 Å². The zero-order valence-electron chi connectivity index (χ0n) is 27.3. The third-order valence-electron chi connectivity index (χ3n) is 11.1. The Bertz CT molecular complexity index is 1890. The Balaban J connectivity index is 1.14. The van der Waals surface area contributed by atoms with Crippen molar-refractivity contribution in [3.63, 3.8) is 0 Å². The van der Waals surface area contributed by atoms with E-state index in [0.29, 0.717) is 59.1 Å². The summed E-state index contributed by atoms with van der Waals surface area (Å²) in [5.74, 6) is -0.709. The molecule has 4 aliphatic heterocycles. The van der Waals surface area contributed by atoms with Crippen LogP contribution in [0.3, 0.4) is 0 Å². The number of nitrogens with zero attached hydrogens (tertiary/aromatic N) is 4. The first-order chi connectivity index (χ1) is 23.9. The van der Waals surface area contributed by atoms with Crippen LogP contribution in [-0.2, 0) is 0 Å². The van der Waals surface area contributed by atoms with Crippen LogP contribution in [0.15, 0.2) is 36.4 Å². The van der Waals surface area contributed by atoms with Crippen molar-refractivity contribution >= 4 is 33.4 Å². The zero-order valence-corrected chi connectivity index (χ0v) is 27.3. The van der Waals surface area contributed by atoms with Crippen molar-refractivity contribution in [2.45, 2.75) is 82.0 Å². The molecule has 2 aromatic heterocycles. The van der Waals surface area contributed by atoms with Crippen molar-refractivity contribution in [2.24, 2.45) is 0 Å². The fourth-order valence-corrected chi connectivity index (χ4v) is 8.71. The standard InChI is InChI=1S/C37H40F4N8/c38-23-18-31-29(44-36(46-31)27-6-4-10-42-27)16-21(23)33-8-9-34(22-17-30-32(19-24(22)39)47-37(45-30)28-7-5-11-43-28)49(33)20-14-25(40)35(26(41)15-20)48-12-2-1-3-13-48/h14-19,27-28,33-34,42-43H,1-13H2,(H,44,46)(H,45,47)/t27-,28-,33+,34+/m0/s1. The van der Waals surface area contributed by atoms with Crippen molar-refractivity contribution in [3.05, 3.63) is 82.4 Å². The smallest absolute Gasteiger partial charge is 0.151 e. The highest BCUT2D eigenvalue weighted by molar-refractivity contribution is 5.78. The molecule has 0 radical (unpaired) electrons. The highest BCUT2D eigenvalue weighted by atomic mass is 19.1. The minimum absolute atomic E-state index is 0.0352. The van der Waals surface area contributed by atoms with Gasteiger partial charge < -0.3 is 30.4 Å². The lowest BCUT2D eigenvalue weighted by Crippen LogP contribution is -2.32. The Morgan fingerprint density at radius 1 is 0.571 bits per heavy atom. The second-order valence-electron chi connectivity index (χ2n) is 14.1. The van der Waals surface area contributed by atoms with Crippen LogP contribution in [0.25, 0.3) is 22.1 Å². The Labute approximate surface area is 281 Å². The van der Waals surface area contributed by atoms with Crippen LogP contribution in [0, 0.1) is 23.3 Å². The van der Waals surface area contributed by atoms with Crippen LogP contribution in [0.1, 0.15) is 105 Å². The number of halogens is 4. The predicted molar refractivity (Wildman–Crippen MR) is 182 cm³/mol. The minimum Gasteiger partial charge on any atom is -0.367 e. The highest BCUT2D eigenvalue weighted by Crippen LogP contribution is 2.50. The molecule has 9 rings (SSSR count). The van der Waals surface area contributed by atoms with E-state index >= 15 is 17.6 Å². The molecular formula is C37H40F4N8. The summed E-state index contributed by atoms with van der Waals surface area (Å²) in [6.45, 7) is 2.99. The molecule has 6 heterocycles. The molecule has 5 aromatic rings. The van der Waals surface area contributed by atoms with Gasteiger partial charge in [-0.25, -0.2) is 27.5 Å². The van der Waals surface area contributed by atoms with E-state index in [1.807, 2.05) is 4.90 Å². The third-order valence-corrected chi connectivity index (χ3v) is 11.1. The molecule has 256 valence electrons. The van der Waals surface area contributed by atoms with Crippen molar-refractivity contribution in [1.82, 2.24) is 30.6 Å². The Kier molecular flexibility index (Phi) is 7.76. The normalized spacial score (nSPS) is 24.7. The maximum Gasteiger partial charge on any atom is 0.151 e. The second kappa shape index (κ2) is 12.3. The molecule has 0 aliphatic carbocycles. The molecule has 4 fully saturated rings. The van der Waals surface area contributed by atoms with Gasteiger partial charge in [0.2, 0.25) is 0 Å². The molecule has 4 N–H and O–H groups in total. The first-order valence-electron chi connectivity index (χ1n) is 17.8. The molecule has 8 nitrogen and oxygen atoms in total. The number of fused-ring (bicyclic) bond motifs is 2. The summed E-state index contributed by atoms with van der Waals surface area (Å²) in [7, 11) is 0. The van der Waals surface area contributed by atoms with Gasteiger partial charge in [-0.15, -0.1) is 0 Å². The number of aromatic amines is 2. The summed E-state index contributed by atoms with van der Waals surface area (Å²) < 4.78 is 64.3. The number of rotatable bonds is 6. The van der Waals surface area contributed by atoms with E-state index in [1.54, 1.807) is 17.0 Å². The first kappa shape index (κ1) is 30.9. The maximum atomic E-state index is 16.1. The van der Waals surface area contributed by atoms with Gasteiger partial charge in [-0.1, -0.05) is 0 Å². The Hall–Kier alpha value is -4.16. The number of aromatic nitrogens is 4. The van der Waals surface area contributed by atoms with Crippen LogP contribution in [0.5, 0.6) is 0 Å². The SMILES string of the molecule is Fc1cc2nc([C@@H]3CCCN3)[nH]c2cc1[C@H]1CC[C@H](c2cc3[nH]c([C@@H]4CCCN4)nc3cc2F)N1c1cc(F)c(N2CCCCC2)c(F)c1. The highest BCUT2D eigenvalue weighted by Gasteiger charge is 2.40. The zero-order chi connectivity index (χ0) is 33.2. The topological polar surface area (TPSA) is 87.9 Å². The van der Waals surface area contributed by atoms with Crippen LogP contribution in [0.4, 0.5) is 28.9 Å². The fourth-order valence-electron chi connectivity index (χ4n) is 8.71. The third kappa shape index (κ3) is 5.43. The summed E-state index contributed by atoms with van der Waals surface area (Å²) >= 11 is 0. The molecule has 12 heteroatoms. The van der Waals surface area contributed by atoms with Gasteiger partial charge in [-0.3, -0.25) is 0 Å². The quantitative estimate of drug-likeness (QED) is 0.137. The number of imidazole rings is 2. The summed E-state index contributed by atoms with van der Waals surface area (Å²) in [6.07, 6.45) is 7.67. The van der Waals surface area contributed by atoms with E-state index in [0.717, 1.165) is 69.7 Å². The van der Waals surface area contributed by atoms with Crippen molar-refractivity contribution in [1.29, 1.82) is 0 Å². The van der Waals surface area contributed by atoms with Crippen LogP contribution < -0.4 is 20.4 Å². The average Bonchev–Trinajstić information content (AvgIpc) is 3.93. The number of H-pyrrole nitrogens is 2. The Morgan fingerprint density at radius 3 is 1.55 bits per heavy atom. The average molecular weight is 673 g/mol. The molecule has 4 saturated heterocycles. The largest absolute Gasteiger partial charge is 0.367 e. The lowest BCUT2D eigenvalue weighted by molar-refractivity contribution is 0.527. The summed E-state index contributed by atoms with van der Waals surface area (Å²) in [6, 6.07) is 8.02. The lowest BCUT2D eigenvalue weighted by Gasteiger charge is -2.35. The van der Waals surface area contributed by atoms with Gasteiger partial charge in [0.15, 0.2) is 11.6 Å². The summed E-state index contributed by atoms with van der Waals surface area (Å²) in [4.78, 5) is 19.7. The summed E-state index contributed by atoms with van der Waals surface area (Å²) in [5.41, 5.74) is 3.41. The van der Waals surface area contributed by atoms with E-state index in [9.17, 15) is 0 Å². The van der Waals surface area contributed by atoms with Gasteiger partial charge in [-0.05, 0) is 95.1 Å². The number of anilines is 2. The number of nitrogens with one attached hydrogen (secondary N) is 4. The molecule has 4 aliphatic rings. The van der Waals surface area contributed by atoms with Gasteiger partial charge in [-0.2, -0.15) is 0 Å². The molecule has 0 bridgehead atoms. The van der Waals surface area contributed by atoms with Gasteiger partial charge >= 0.3 is 0 Å². The molecule has 0 saturated carbocycles. The molecule has 4 atom stereocenters. The molecule has 0 spiro atoms. The number of benzene rings is 3. The van der Waals surface area contributed by atoms with Crippen LogP contribution in [0.2, 0.25) is 0 Å². The maximum absolute atomic E-state index is 16.1. The lowest BCUT2D eigenvalue weighted by atomic mass is 10.0. The van der Waals surface area contributed by atoms with Crippen molar-refractivity contribution < 1.29 is 17.6 Å². The van der Waals surface area contributed by atoms with Crippen LogP contribution in [-0.4, -0.2) is 46.1 Å². The van der Waals surface area contributed by atoms with E-state index in [1.165, 1.54) is 24.3 Å². The van der Waals surface area contributed by atoms with Crippen molar-refractivity contribution in [2.75, 3.05) is 36.0 Å². The number of piperidine rings is 1. The van der Waals surface area contributed by atoms with E-state index in [2.05, 4.69) is 30.6 Å². The minimum atomic E-state index is -0.669. The van der Waals surface area contributed by atoms with Crippen molar-refractivity contribution in [3.8, 4) is 0 Å². The summed E-state index contributed by atoms with van der Waals surface area (Å²) in [5, 5.41) is 6.86. The fraction of sp³-hybridized carbons (Fsp3) is 0.459.